The predicted octanol–water partition coefficient (Wildman–Crippen LogP) is 1.94. The zero-order valence-electron chi connectivity index (χ0n) is 12.4. The normalized spacial score (nSPS) is 26.5. The van der Waals surface area contributed by atoms with E-state index in [9.17, 15) is 9.59 Å². The van der Waals surface area contributed by atoms with Crippen molar-refractivity contribution in [3.05, 3.63) is 0 Å². The maximum Gasteiger partial charge on any atom is 0.245 e. The van der Waals surface area contributed by atoms with E-state index in [1.54, 1.807) is 4.90 Å². The average molecular weight is 266 g/mol. The van der Waals surface area contributed by atoms with Crippen molar-refractivity contribution >= 4 is 11.8 Å². The van der Waals surface area contributed by atoms with Gasteiger partial charge in [0.25, 0.3) is 0 Å². The van der Waals surface area contributed by atoms with Crippen molar-refractivity contribution in [2.75, 3.05) is 13.1 Å². The molecule has 1 aliphatic heterocycles. The highest BCUT2D eigenvalue weighted by atomic mass is 16.2. The van der Waals surface area contributed by atoms with Crippen LogP contribution in [0.5, 0.6) is 0 Å². The van der Waals surface area contributed by atoms with Gasteiger partial charge in [-0.3, -0.25) is 9.59 Å². The van der Waals surface area contributed by atoms with Crippen LogP contribution in [0, 0.1) is 11.3 Å². The molecular formula is C15H26N2O2. The van der Waals surface area contributed by atoms with Gasteiger partial charge in [0.1, 0.15) is 6.04 Å². The van der Waals surface area contributed by atoms with Gasteiger partial charge >= 0.3 is 0 Å². The molecule has 19 heavy (non-hydrogen) atoms. The topological polar surface area (TPSA) is 49.4 Å². The lowest BCUT2D eigenvalue weighted by Crippen LogP contribution is -2.61. The van der Waals surface area contributed by atoms with Crippen molar-refractivity contribution in [1.29, 1.82) is 0 Å². The van der Waals surface area contributed by atoms with Crippen LogP contribution in [-0.2, 0) is 9.59 Å². The minimum Gasteiger partial charge on any atom is -0.342 e. The third-order valence-electron chi connectivity index (χ3n) is 4.02. The fourth-order valence-electron chi connectivity index (χ4n) is 3.22. The van der Waals surface area contributed by atoms with Crippen LogP contribution in [0.2, 0.25) is 0 Å². The highest BCUT2D eigenvalue weighted by Crippen LogP contribution is 2.29. The molecule has 1 unspecified atom stereocenters. The van der Waals surface area contributed by atoms with Crippen LogP contribution in [0.15, 0.2) is 0 Å². The molecule has 2 fully saturated rings. The van der Waals surface area contributed by atoms with Gasteiger partial charge in [-0.2, -0.15) is 0 Å². The lowest BCUT2D eigenvalue weighted by atomic mass is 9.82. The number of nitrogens with one attached hydrogen (secondary N) is 1. The smallest absolute Gasteiger partial charge is 0.245 e. The summed E-state index contributed by atoms with van der Waals surface area (Å²) in [6.07, 6.45) is 5.77. The SMILES string of the molecule is CC(C)(C)CN1CC(=O)NC(C2CCCCC2)C1=O. The lowest BCUT2D eigenvalue weighted by Gasteiger charge is -2.40. The van der Waals surface area contributed by atoms with Crippen molar-refractivity contribution in [2.24, 2.45) is 11.3 Å². The Kier molecular flexibility index (Phi) is 4.16. The van der Waals surface area contributed by atoms with E-state index in [-0.39, 0.29) is 29.8 Å². The molecule has 0 aromatic rings. The van der Waals surface area contributed by atoms with Crippen LogP contribution in [0.3, 0.4) is 0 Å². The van der Waals surface area contributed by atoms with Crippen LogP contribution in [-0.4, -0.2) is 35.8 Å². The summed E-state index contributed by atoms with van der Waals surface area (Å²) >= 11 is 0. The van der Waals surface area contributed by atoms with E-state index in [0.29, 0.717) is 12.5 Å². The van der Waals surface area contributed by atoms with Gasteiger partial charge in [-0.1, -0.05) is 40.0 Å². The first kappa shape index (κ1) is 14.4. The number of carbonyl (C=O) groups excluding carboxylic acids is 2. The fraction of sp³-hybridized carbons (Fsp3) is 0.867. The van der Waals surface area contributed by atoms with E-state index in [2.05, 4.69) is 26.1 Å². The zero-order valence-corrected chi connectivity index (χ0v) is 12.4. The van der Waals surface area contributed by atoms with Crippen LogP contribution in [0.4, 0.5) is 0 Å². The van der Waals surface area contributed by atoms with E-state index in [1.165, 1.54) is 19.3 Å². The Balaban J connectivity index is 2.06. The van der Waals surface area contributed by atoms with Gasteiger partial charge in [-0.25, -0.2) is 0 Å². The second kappa shape index (κ2) is 5.51. The molecule has 1 N–H and O–H groups in total. The minimum atomic E-state index is -0.274. The first-order valence-electron chi connectivity index (χ1n) is 7.45. The van der Waals surface area contributed by atoms with Crippen molar-refractivity contribution in [3.8, 4) is 0 Å². The summed E-state index contributed by atoms with van der Waals surface area (Å²) in [4.78, 5) is 26.2. The van der Waals surface area contributed by atoms with Crippen LogP contribution in [0.1, 0.15) is 52.9 Å². The number of piperazine rings is 1. The van der Waals surface area contributed by atoms with Gasteiger partial charge in [0.15, 0.2) is 0 Å². The number of hydrogen-bond acceptors (Lipinski definition) is 2. The molecule has 4 heteroatoms. The van der Waals surface area contributed by atoms with Crippen molar-refractivity contribution in [2.45, 2.75) is 58.9 Å². The van der Waals surface area contributed by atoms with Crippen molar-refractivity contribution in [3.63, 3.8) is 0 Å². The standard InChI is InChI=1S/C15H26N2O2/c1-15(2,3)10-17-9-12(18)16-13(14(17)19)11-7-5-4-6-8-11/h11,13H,4-10H2,1-3H3,(H,16,18). The molecule has 1 heterocycles. The largest absolute Gasteiger partial charge is 0.342 e. The third kappa shape index (κ3) is 3.71. The Bertz CT molecular complexity index is 354. The van der Waals surface area contributed by atoms with Crippen molar-refractivity contribution < 1.29 is 9.59 Å². The number of hydrogen-bond donors (Lipinski definition) is 1. The Morgan fingerprint density at radius 2 is 1.79 bits per heavy atom. The molecule has 108 valence electrons. The lowest BCUT2D eigenvalue weighted by molar-refractivity contribution is -0.147. The van der Waals surface area contributed by atoms with Gasteiger partial charge in [-0.15, -0.1) is 0 Å². The molecule has 0 bridgehead atoms. The summed E-state index contributed by atoms with van der Waals surface area (Å²) in [6, 6.07) is -0.274. The third-order valence-corrected chi connectivity index (χ3v) is 4.02. The average Bonchev–Trinajstić information content (AvgIpc) is 2.32. The molecule has 1 saturated carbocycles. The monoisotopic (exact) mass is 266 g/mol. The number of amides is 2. The molecule has 2 aliphatic rings. The molecule has 0 aromatic carbocycles. The van der Waals surface area contributed by atoms with Gasteiger partial charge in [-0.05, 0) is 24.2 Å². The molecule has 0 spiro atoms. The van der Waals surface area contributed by atoms with Gasteiger partial charge in [0.2, 0.25) is 11.8 Å². The quantitative estimate of drug-likeness (QED) is 0.830. The summed E-state index contributed by atoms with van der Waals surface area (Å²) in [6.45, 7) is 7.18. The Morgan fingerprint density at radius 3 is 2.37 bits per heavy atom. The first-order chi connectivity index (χ1) is 8.87. The molecule has 0 radical (unpaired) electrons. The van der Waals surface area contributed by atoms with E-state index in [0.717, 1.165) is 12.8 Å². The molecule has 1 saturated heterocycles. The minimum absolute atomic E-state index is 0.000534. The molecule has 2 amide bonds. The first-order valence-corrected chi connectivity index (χ1v) is 7.45. The van der Waals surface area contributed by atoms with Gasteiger partial charge in [0, 0.05) is 6.54 Å². The highest BCUT2D eigenvalue weighted by Gasteiger charge is 2.39. The summed E-state index contributed by atoms with van der Waals surface area (Å²) in [5, 5.41) is 2.92. The number of rotatable bonds is 2. The summed E-state index contributed by atoms with van der Waals surface area (Å²) in [5.74, 6) is 0.466. The molecule has 1 atom stereocenters. The summed E-state index contributed by atoms with van der Waals surface area (Å²) in [5.41, 5.74) is 0.0321. The second-order valence-corrected chi connectivity index (χ2v) is 7.20. The molecule has 2 rings (SSSR count). The summed E-state index contributed by atoms with van der Waals surface area (Å²) < 4.78 is 0. The van der Waals surface area contributed by atoms with Crippen LogP contribution in [0.25, 0.3) is 0 Å². The predicted molar refractivity (Wildman–Crippen MR) is 74.5 cm³/mol. The van der Waals surface area contributed by atoms with E-state index < -0.39 is 0 Å². The Morgan fingerprint density at radius 1 is 1.16 bits per heavy atom. The number of carbonyl (C=O) groups is 2. The second-order valence-electron chi connectivity index (χ2n) is 7.20. The zero-order chi connectivity index (χ0) is 14.0. The molecular weight excluding hydrogens is 240 g/mol. The maximum absolute atomic E-state index is 12.6. The molecule has 0 aromatic heterocycles. The summed E-state index contributed by atoms with van der Waals surface area (Å²) in [7, 11) is 0. The van der Waals surface area contributed by atoms with Gasteiger partial charge < -0.3 is 10.2 Å². The van der Waals surface area contributed by atoms with Gasteiger partial charge in [0.05, 0.1) is 6.54 Å². The molecule has 1 aliphatic carbocycles. The number of nitrogens with zero attached hydrogens (tertiary/aromatic N) is 1. The van der Waals surface area contributed by atoms with Crippen LogP contribution >= 0.6 is 0 Å². The Labute approximate surface area is 115 Å². The van der Waals surface area contributed by atoms with E-state index >= 15 is 0 Å². The van der Waals surface area contributed by atoms with Crippen LogP contribution < -0.4 is 5.32 Å². The van der Waals surface area contributed by atoms with E-state index in [1.807, 2.05) is 0 Å². The highest BCUT2D eigenvalue weighted by molar-refractivity contribution is 5.95. The maximum atomic E-state index is 12.6. The Hall–Kier alpha value is -1.06. The molecule has 4 nitrogen and oxygen atoms in total. The van der Waals surface area contributed by atoms with Crippen molar-refractivity contribution in [1.82, 2.24) is 10.2 Å². The fourth-order valence-corrected chi connectivity index (χ4v) is 3.22. The van der Waals surface area contributed by atoms with E-state index in [4.69, 9.17) is 0 Å².